The van der Waals surface area contributed by atoms with E-state index in [4.69, 9.17) is 23.2 Å². The fraction of sp³-hybridized carbons (Fsp3) is 0.417. The maximum Gasteiger partial charge on any atom is 0.244 e. The van der Waals surface area contributed by atoms with Crippen molar-refractivity contribution in [1.82, 2.24) is 10.2 Å². The molecule has 0 aliphatic heterocycles. The van der Waals surface area contributed by atoms with Crippen molar-refractivity contribution >= 4 is 50.7 Å². The quantitative estimate of drug-likeness (QED) is 0.494. The Morgan fingerprint density at radius 2 is 1.62 bits per heavy atom. The topological polar surface area (TPSA) is 86.8 Å². The summed E-state index contributed by atoms with van der Waals surface area (Å²) in [6.45, 7) is 5.15. The van der Waals surface area contributed by atoms with Gasteiger partial charge in [0.1, 0.15) is 12.6 Å². The van der Waals surface area contributed by atoms with Crippen LogP contribution in [0.5, 0.6) is 0 Å². The average Bonchev–Trinajstić information content (AvgIpc) is 2.77. The number of sulfonamides is 1. The molecule has 7 nitrogen and oxygen atoms in total. The van der Waals surface area contributed by atoms with Crippen molar-refractivity contribution in [3.05, 3.63) is 63.6 Å². The molecule has 0 aliphatic carbocycles. The molecule has 0 heterocycles. The molecule has 0 aliphatic rings. The van der Waals surface area contributed by atoms with Crippen molar-refractivity contribution in [1.29, 1.82) is 0 Å². The second kappa shape index (κ2) is 11.9. The number of carbonyl (C=O) groups is 2. The number of amides is 2. The van der Waals surface area contributed by atoms with Crippen LogP contribution in [-0.2, 0) is 26.2 Å². The van der Waals surface area contributed by atoms with Gasteiger partial charge in [-0.25, -0.2) is 8.42 Å². The highest BCUT2D eigenvalue weighted by Gasteiger charge is 2.32. The Morgan fingerprint density at radius 3 is 2.12 bits per heavy atom. The zero-order chi connectivity index (χ0) is 25.6. The van der Waals surface area contributed by atoms with Crippen LogP contribution >= 0.6 is 23.2 Å². The summed E-state index contributed by atoms with van der Waals surface area (Å²) in [4.78, 5) is 27.6. The largest absolute Gasteiger partial charge is 0.357 e. The van der Waals surface area contributed by atoms with Crippen LogP contribution in [0.3, 0.4) is 0 Å². The van der Waals surface area contributed by atoms with Crippen molar-refractivity contribution in [2.75, 3.05) is 24.2 Å². The SMILES string of the molecule is CCC(C(=O)NC)N(Cc1c(Cl)cccc1Cl)C(=O)CN(c1ccccc1C(C)C)S(C)(=O)=O. The normalized spacial score (nSPS) is 12.4. The van der Waals surface area contributed by atoms with Crippen molar-refractivity contribution < 1.29 is 18.0 Å². The molecule has 0 saturated heterocycles. The number of para-hydroxylation sites is 1. The molecule has 0 fully saturated rings. The molecular weight excluding hydrogens is 497 g/mol. The Morgan fingerprint density at radius 1 is 1.03 bits per heavy atom. The summed E-state index contributed by atoms with van der Waals surface area (Å²) in [7, 11) is -2.33. The van der Waals surface area contributed by atoms with E-state index in [-0.39, 0.29) is 18.4 Å². The molecule has 2 aromatic carbocycles. The first-order valence-electron chi connectivity index (χ1n) is 10.9. The molecular formula is C24H31Cl2N3O4S. The minimum Gasteiger partial charge on any atom is -0.357 e. The molecule has 186 valence electrons. The number of likely N-dealkylation sites (N-methyl/N-ethyl adjacent to an activating group) is 1. The van der Waals surface area contributed by atoms with Crippen LogP contribution in [-0.4, -0.2) is 51.0 Å². The molecule has 2 rings (SSSR count). The van der Waals surface area contributed by atoms with Crippen LogP contribution in [0.2, 0.25) is 10.0 Å². The smallest absolute Gasteiger partial charge is 0.244 e. The summed E-state index contributed by atoms with van der Waals surface area (Å²) in [6.07, 6.45) is 1.37. The molecule has 1 atom stereocenters. The predicted octanol–water partition coefficient (Wildman–Crippen LogP) is 4.44. The molecule has 1 N–H and O–H groups in total. The molecule has 0 aromatic heterocycles. The van der Waals surface area contributed by atoms with Crippen LogP contribution in [0.4, 0.5) is 5.69 Å². The zero-order valence-electron chi connectivity index (χ0n) is 20.0. The highest BCUT2D eigenvalue weighted by molar-refractivity contribution is 7.92. The van der Waals surface area contributed by atoms with Gasteiger partial charge in [-0.15, -0.1) is 0 Å². The lowest BCUT2D eigenvalue weighted by Crippen LogP contribution is -2.51. The minimum atomic E-state index is -3.82. The van der Waals surface area contributed by atoms with Gasteiger partial charge < -0.3 is 10.2 Å². The van der Waals surface area contributed by atoms with Crippen molar-refractivity contribution in [2.45, 2.75) is 45.7 Å². The first-order valence-corrected chi connectivity index (χ1v) is 13.5. The Labute approximate surface area is 212 Å². The Kier molecular flexibility index (Phi) is 9.79. The van der Waals surface area contributed by atoms with Gasteiger partial charge in [-0.2, -0.15) is 0 Å². The van der Waals surface area contributed by atoms with Crippen LogP contribution in [0, 0.1) is 0 Å². The van der Waals surface area contributed by atoms with E-state index in [0.29, 0.717) is 27.7 Å². The molecule has 0 radical (unpaired) electrons. The Hall–Kier alpha value is -2.29. The summed E-state index contributed by atoms with van der Waals surface area (Å²) >= 11 is 12.7. The highest BCUT2D eigenvalue weighted by Crippen LogP contribution is 2.30. The monoisotopic (exact) mass is 527 g/mol. The van der Waals surface area contributed by atoms with Crippen molar-refractivity contribution in [3.63, 3.8) is 0 Å². The molecule has 2 aromatic rings. The van der Waals surface area contributed by atoms with Gasteiger partial charge in [0, 0.05) is 29.2 Å². The zero-order valence-corrected chi connectivity index (χ0v) is 22.3. The fourth-order valence-electron chi connectivity index (χ4n) is 3.74. The van der Waals surface area contributed by atoms with E-state index in [1.165, 1.54) is 11.9 Å². The van der Waals surface area contributed by atoms with E-state index < -0.39 is 28.5 Å². The summed E-state index contributed by atoms with van der Waals surface area (Å²) in [5.41, 5.74) is 1.70. The van der Waals surface area contributed by atoms with Crippen LogP contribution in [0.15, 0.2) is 42.5 Å². The lowest BCUT2D eigenvalue weighted by atomic mass is 10.0. The van der Waals surface area contributed by atoms with Gasteiger partial charge in [-0.05, 0) is 36.1 Å². The van der Waals surface area contributed by atoms with Gasteiger partial charge in [-0.1, -0.05) is 68.2 Å². The average molecular weight is 529 g/mol. The summed E-state index contributed by atoms with van der Waals surface area (Å²) < 4.78 is 26.7. The molecule has 1 unspecified atom stereocenters. The predicted molar refractivity (Wildman–Crippen MR) is 138 cm³/mol. The number of carbonyl (C=O) groups excluding carboxylic acids is 2. The summed E-state index contributed by atoms with van der Waals surface area (Å²) in [5.74, 6) is -0.884. The molecule has 10 heteroatoms. The van der Waals surface area contributed by atoms with Crippen molar-refractivity contribution in [3.8, 4) is 0 Å². The number of halogens is 2. The maximum absolute atomic E-state index is 13.7. The van der Waals surface area contributed by atoms with Gasteiger partial charge in [0.25, 0.3) is 0 Å². The molecule has 0 bridgehead atoms. The standard InChI is InChI=1S/C24H31Cl2N3O4S/c1-6-21(24(31)27-4)28(14-18-19(25)11-9-12-20(18)26)23(30)15-29(34(5,32)33)22-13-8-7-10-17(22)16(2)3/h7-13,16,21H,6,14-15H2,1-5H3,(H,27,31). The first-order chi connectivity index (χ1) is 15.9. The molecule has 0 spiro atoms. The second-order valence-corrected chi connectivity index (χ2v) is 11.0. The van der Waals surface area contributed by atoms with Crippen molar-refractivity contribution in [2.24, 2.45) is 0 Å². The lowest BCUT2D eigenvalue weighted by molar-refractivity contribution is -0.140. The molecule has 0 saturated carbocycles. The third-order valence-electron chi connectivity index (χ3n) is 5.53. The van der Waals surface area contributed by atoms with Gasteiger partial charge in [0.05, 0.1) is 11.9 Å². The van der Waals surface area contributed by atoms with E-state index >= 15 is 0 Å². The third-order valence-corrected chi connectivity index (χ3v) is 7.36. The van der Waals surface area contributed by atoms with Gasteiger partial charge in [0.15, 0.2) is 0 Å². The number of rotatable bonds is 10. The van der Waals surface area contributed by atoms with Gasteiger partial charge in [0.2, 0.25) is 21.8 Å². The minimum absolute atomic E-state index is 0.0304. The van der Waals surface area contributed by atoms with Crippen LogP contribution < -0.4 is 9.62 Å². The number of hydrogen-bond acceptors (Lipinski definition) is 4. The maximum atomic E-state index is 13.7. The molecule has 34 heavy (non-hydrogen) atoms. The van der Waals surface area contributed by atoms with Gasteiger partial charge >= 0.3 is 0 Å². The Bertz CT molecular complexity index is 1120. The van der Waals surface area contributed by atoms with Gasteiger partial charge in [-0.3, -0.25) is 13.9 Å². The number of hydrogen-bond donors (Lipinski definition) is 1. The number of nitrogens with one attached hydrogen (secondary N) is 1. The van der Waals surface area contributed by atoms with Crippen LogP contribution in [0.1, 0.15) is 44.2 Å². The third kappa shape index (κ3) is 6.64. The van der Waals surface area contributed by atoms with E-state index in [0.717, 1.165) is 16.1 Å². The van der Waals surface area contributed by atoms with E-state index in [2.05, 4.69) is 5.32 Å². The highest BCUT2D eigenvalue weighted by atomic mass is 35.5. The lowest BCUT2D eigenvalue weighted by Gasteiger charge is -2.33. The number of nitrogens with zero attached hydrogens (tertiary/aromatic N) is 2. The first kappa shape index (κ1) is 28.0. The summed E-state index contributed by atoms with van der Waals surface area (Å²) in [6, 6.07) is 11.2. The Balaban J connectivity index is 2.55. The molecule has 2 amide bonds. The van der Waals surface area contributed by atoms with E-state index in [1.807, 2.05) is 26.0 Å². The number of anilines is 1. The van der Waals surface area contributed by atoms with E-state index in [9.17, 15) is 18.0 Å². The van der Waals surface area contributed by atoms with Crippen LogP contribution in [0.25, 0.3) is 0 Å². The second-order valence-electron chi connectivity index (χ2n) is 8.24. The van der Waals surface area contributed by atoms with E-state index in [1.54, 1.807) is 37.3 Å². The summed E-state index contributed by atoms with van der Waals surface area (Å²) in [5, 5.41) is 3.27. The number of benzene rings is 2. The fourth-order valence-corrected chi connectivity index (χ4v) is 5.12.